The molecule has 2 amide bonds. The first-order valence-electron chi connectivity index (χ1n) is 8.03. The Bertz CT molecular complexity index is 742. The minimum Gasteiger partial charge on any atom is -0.476 e. The number of aryl methyl sites for hydroxylation is 1. The van der Waals surface area contributed by atoms with Crippen LogP contribution in [-0.4, -0.2) is 33.2 Å². The van der Waals surface area contributed by atoms with Crippen molar-refractivity contribution >= 4 is 17.7 Å². The number of amides is 2. The van der Waals surface area contributed by atoms with Crippen LogP contribution in [0.1, 0.15) is 42.1 Å². The van der Waals surface area contributed by atoms with E-state index in [1.165, 1.54) is 6.20 Å². The molecule has 0 radical (unpaired) electrons. The summed E-state index contributed by atoms with van der Waals surface area (Å²) in [6.45, 7) is 3.17. The minimum absolute atomic E-state index is 0.0153. The van der Waals surface area contributed by atoms with Crippen LogP contribution >= 0.6 is 0 Å². The lowest BCUT2D eigenvalue weighted by Crippen LogP contribution is -2.43. The summed E-state index contributed by atoms with van der Waals surface area (Å²) in [5.41, 5.74) is 0.837. The number of carbonyl (C=O) groups is 2. The monoisotopic (exact) mass is 328 g/mol. The van der Waals surface area contributed by atoms with Gasteiger partial charge in [-0.3, -0.25) is 4.90 Å². The van der Waals surface area contributed by atoms with Gasteiger partial charge in [0.2, 0.25) is 0 Å². The summed E-state index contributed by atoms with van der Waals surface area (Å²) < 4.78 is 1.82. The third-order valence-electron chi connectivity index (χ3n) is 4.16. The third kappa shape index (κ3) is 3.10. The van der Waals surface area contributed by atoms with Crippen molar-refractivity contribution in [3.8, 4) is 0 Å². The third-order valence-corrected chi connectivity index (χ3v) is 4.16. The summed E-state index contributed by atoms with van der Waals surface area (Å²) in [6.07, 6.45) is 3.14. The van der Waals surface area contributed by atoms with Crippen LogP contribution in [0.5, 0.6) is 0 Å². The Morgan fingerprint density at radius 1 is 1.38 bits per heavy atom. The maximum Gasteiger partial charge on any atom is 0.356 e. The predicted molar refractivity (Wildman–Crippen MR) is 89.2 cm³/mol. The number of hydrogen-bond donors (Lipinski definition) is 2. The van der Waals surface area contributed by atoms with Crippen LogP contribution in [0.25, 0.3) is 0 Å². The van der Waals surface area contributed by atoms with E-state index in [4.69, 9.17) is 5.11 Å². The molecule has 126 valence electrons. The lowest BCUT2D eigenvalue weighted by atomic mass is 10.1. The number of benzene rings is 1. The highest BCUT2D eigenvalue weighted by Crippen LogP contribution is 2.25. The first kappa shape index (κ1) is 16.0. The zero-order valence-electron chi connectivity index (χ0n) is 13.5. The van der Waals surface area contributed by atoms with Gasteiger partial charge < -0.3 is 15.0 Å². The van der Waals surface area contributed by atoms with E-state index in [0.717, 1.165) is 25.1 Å². The van der Waals surface area contributed by atoms with Crippen molar-refractivity contribution in [2.75, 3.05) is 11.4 Å². The average Bonchev–Trinajstić information content (AvgIpc) is 3.02. The molecule has 2 N–H and O–H groups in total. The average molecular weight is 328 g/mol. The van der Waals surface area contributed by atoms with Gasteiger partial charge in [-0.25, -0.2) is 14.6 Å². The first-order valence-corrected chi connectivity index (χ1v) is 8.03. The summed E-state index contributed by atoms with van der Waals surface area (Å²) in [5, 5.41) is 12.1. The van der Waals surface area contributed by atoms with Crippen LogP contribution in [-0.2, 0) is 6.54 Å². The molecule has 1 unspecified atom stereocenters. The van der Waals surface area contributed by atoms with Crippen LogP contribution in [0.4, 0.5) is 10.5 Å². The quantitative estimate of drug-likeness (QED) is 0.903. The smallest absolute Gasteiger partial charge is 0.356 e. The van der Waals surface area contributed by atoms with Crippen LogP contribution in [0, 0.1) is 0 Å². The van der Waals surface area contributed by atoms with E-state index in [-0.39, 0.29) is 17.8 Å². The lowest BCUT2D eigenvalue weighted by Gasteiger charge is -2.28. The van der Waals surface area contributed by atoms with Crippen LogP contribution < -0.4 is 10.2 Å². The van der Waals surface area contributed by atoms with Gasteiger partial charge in [-0.1, -0.05) is 18.2 Å². The SMILES string of the molecule is CCN(C(=O)NC1CCCn2cc(C(=O)O)nc21)c1ccccc1. The number of anilines is 1. The molecule has 1 aliphatic rings. The van der Waals surface area contributed by atoms with Gasteiger partial charge in [0.15, 0.2) is 5.69 Å². The van der Waals surface area contributed by atoms with Crippen molar-refractivity contribution in [2.24, 2.45) is 0 Å². The van der Waals surface area contributed by atoms with Crippen molar-refractivity contribution in [2.45, 2.75) is 32.4 Å². The Balaban J connectivity index is 1.79. The molecule has 1 aromatic heterocycles. The van der Waals surface area contributed by atoms with Gasteiger partial charge in [0, 0.05) is 25.0 Å². The number of carboxylic acid groups (broad SMARTS) is 1. The normalized spacial score (nSPS) is 16.3. The summed E-state index contributed by atoms with van der Waals surface area (Å²) in [4.78, 5) is 29.6. The molecule has 2 heterocycles. The van der Waals surface area contributed by atoms with Crippen LogP contribution in [0.2, 0.25) is 0 Å². The van der Waals surface area contributed by atoms with Crippen molar-refractivity contribution in [1.82, 2.24) is 14.9 Å². The fourth-order valence-corrected chi connectivity index (χ4v) is 3.00. The van der Waals surface area contributed by atoms with E-state index < -0.39 is 5.97 Å². The van der Waals surface area contributed by atoms with E-state index in [1.807, 2.05) is 41.8 Å². The Morgan fingerprint density at radius 2 is 2.12 bits per heavy atom. The molecular weight excluding hydrogens is 308 g/mol. The second kappa shape index (κ2) is 6.74. The van der Waals surface area contributed by atoms with E-state index in [1.54, 1.807) is 4.90 Å². The number of rotatable bonds is 4. The summed E-state index contributed by atoms with van der Waals surface area (Å²) >= 11 is 0. The maximum atomic E-state index is 12.7. The molecule has 1 aliphatic heterocycles. The fourth-order valence-electron chi connectivity index (χ4n) is 3.00. The maximum absolute atomic E-state index is 12.7. The van der Waals surface area contributed by atoms with Gasteiger partial charge in [0.1, 0.15) is 5.82 Å². The Labute approximate surface area is 139 Å². The number of nitrogens with one attached hydrogen (secondary N) is 1. The number of nitrogens with zero attached hydrogens (tertiary/aromatic N) is 3. The van der Waals surface area contributed by atoms with E-state index >= 15 is 0 Å². The molecule has 0 saturated carbocycles. The number of imidazole rings is 1. The van der Waals surface area contributed by atoms with Crippen LogP contribution in [0.3, 0.4) is 0 Å². The molecule has 0 fully saturated rings. The number of aromatic nitrogens is 2. The highest BCUT2D eigenvalue weighted by Gasteiger charge is 2.27. The molecule has 0 saturated heterocycles. The molecule has 0 aliphatic carbocycles. The van der Waals surface area contributed by atoms with Crippen LogP contribution in [0.15, 0.2) is 36.5 Å². The van der Waals surface area contributed by atoms with E-state index in [9.17, 15) is 9.59 Å². The number of para-hydroxylation sites is 1. The summed E-state index contributed by atoms with van der Waals surface area (Å²) in [6, 6.07) is 8.95. The minimum atomic E-state index is -1.05. The highest BCUT2D eigenvalue weighted by atomic mass is 16.4. The first-order chi connectivity index (χ1) is 11.6. The summed E-state index contributed by atoms with van der Waals surface area (Å²) in [5.74, 6) is -0.447. The van der Waals surface area contributed by atoms with Gasteiger partial charge in [0.25, 0.3) is 0 Å². The molecule has 1 atom stereocenters. The highest BCUT2D eigenvalue weighted by molar-refractivity contribution is 5.92. The van der Waals surface area contributed by atoms with Crippen molar-refractivity contribution in [3.63, 3.8) is 0 Å². The second-order valence-corrected chi connectivity index (χ2v) is 5.71. The molecule has 24 heavy (non-hydrogen) atoms. The molecular formula is C17H20N4O3. The van der Waals surface area contributed by atoms with E-state index in [2.05, 4.69) is 10.3 Å². The second-order valence-electron chi connectivity index (χ2n) is 5.71. The number of aromatic carboxylic acids is 1. The van der Waals surface area contributed by atoms with Gasteiger partial charge >= 0.3 is 12.0 Å². The molecule has 2 aromatic rings. The van der Waals surface area contributed by atoms with Gasteiger partial charge in [-0.05, 0) is 31.9 Å². The van der Waals surface area contributed by atoms with Gasteiger partial charge in [0.05, 0.1) is 6.04 Å². The zero-order valence-corrected chi connectivity index (χ0v) is 13.5. The number of carboxylic acids is 1. The number of urea groups is 1. The zero-order chi connectivity index (χ0) is 17.1. The summed E-state index contributed by atoms with van der Waals surface area (Å²) in [7, 11) is 0. The van der Waals surface area contributed by atoms with Crippen molar-refractivity contribution in [3.05, 3.63) is 48.0 Å². The molecule has 0 spiro atoms. The molecule has 7 nitrogen and oxygen atoms in total. The Kier molecular flexibility index (Phi) is 4.50. The van der Waals surface area contributed by atoms with Crippen molar-refractivity contribution < 1.29 is 14.7 Å². The Morgan fingerprint density at radius 3 is 2.79 bits per heavy atom. The topological polar surface area (TPSA) is 87.5 Å². The van der Waals surface area contributed by atoms with Gasteiger partial charge in [-0.2, -0.15) is 0 Å². The number of carbonyl (C=O) groups excluding carboxylic acids is 1. The Hall–Kier alpha value is -2.83. The molecule has 0 bridgehead atoms. The predicted octanol–water partition coefficient (Wildman–Crippen LogP) is 2.65. The molecule has 1 aromatic carbocycles. The molecule has 3 rings (SSSR count). The number of hydrogen-bond acceptors (Lipinski definition) is 3. The fraction of sp³-hybridized carbons (Fsp3) is 0.353. The van der Waals surface area contributed by atoms with Gasteiger partial charge in [-0.15, -0.1) is 0 Å². The molecule has 7 heteroatoms. The standard InChI is InChI=1S/C17H20N4O3/c1-2-21(12-7-4-3-5-8-12)17(24)19-13-9-6-10-20-11-14(16(22)23)18-15(13)20/h3-5,7-8,11,13H,2,6,9-10H2,1H3,(H,19,24)(H,22,23). The lowest BCUT2D eigenvalue weighted by molar-refractivity contribution is 0.0691. The number of fused-ring (bicyclic) bond motifs is 1. The van der Waals surface area contributed by atoms with Crippen molar-refractivity contribution in [1.29, 1.82) is 0 Å². The largest absolute Gasteiger partial charge is 0.476 e. The van der Waals surface area contributed by atoms with E-state index in [0.29, 0.717) is 12.4 Å².